The molecule has 0 fully saturated rings. The van der Waals surface area contributed by atoms with Gasteiger partial charge in [-0.15, -0.1) is 0 Å². The van der Waals surface area contributed by atoms with Crippen molar-refractivity contribution >= 4 is 19.7 Å². The van der Waals surface area contributed by atoms with Gasteiger partial charge in [0.25, 0.3) is 0 Å². The first-order valence-electron chi connectivity index (χ1n) is 37.0. The van der Waals surface area contributed by atoms with Crippen LogP contribution in [0.3, 0.4) is 0 Å². The second-order valence-corrected chi connectivity index (χ2v) is 27.9. The quantitative estimate of drug-likeness (QED) is 0.0205. The SMILES string of the molecule is CCCCC/C=C\C/C=C\CCCCCCCCCCCCCCCCCC(=O)OC(/C=C/CCCCCCCCCCCCC)C(COP(=O)(O)OCC[N+](C)(C)C)NC(=O)CCCCCCCCCCCCC/C=C/CCCCCCCC. The highest BCUT2D eigenvalue weighted by Crippen LogP contribution is 2.43. The summed E-state index contributed by atoms with van der Waals surface area (Å²) in [5.74, 6) is -0.488. The van der Waals surface area contributed by atoms with Gasteiger partial charge < -0.3 is 19.4 Å². The molecule has 500 valence electrons. The number of amides is 1. The minimum Gasteiger partial charge on any atom is -0.456 e. The number of nitrogens with one attached hydrogen (secondary N) is 1. The van der Waals surface area contributed by atoms with Crippen molar-refractivity contribution in [3.8, 4) is 0 Å². The van der Waals surface area contributed by atoms with Crippen LogP contribution in [0.2, 0.25) is 0 Å². The van der Waals surface area contributed by atoms with Gasteiger partial charge in [0.05, 0.1) is 33.8 Å². The summed E-state index contributed by atoms with van der Waals surface area (Å²) in [6.45, 7) is 7.04. The summed E-state index contributed by atoms with van der Waals surface area (Å²) in [6, 6.07) is -0.848. The van der Waals surface area contributed by atoms with E-state index < -0.39 is 20.0 Å². The van der Waals surface area contributed by atoms with Crippen molar-refractivity contribution in [2.24, 2.45) is 0 Å². The smallest absolute Gasteiger partial charge is 0.456 e. The number of likely N-dealkylation sites (N-methyl/N-ethyl adjacent to an activating group) is 1. The number of rotatable bonds is 68. The van der Waals surface area contributed by atoms with Crippen LogP contribution in [0, 0.1) is 0 Å². The molecule has 0 aromatic carbocycles. The molecule has 0 bridgehead atoms. The Hall–Kier alpha value is -2.03. The molecule has 0 aliphatic heterocycles. The monoisotopic (exact) mass is 1220 g/mol. The molecule has 9 nitrogen and oxygen atoms in total. The summed E-state index contributed by atoms with van der Waals surface area (Å²) in [7, 11) is 1.51. The average Bonchev–Trinajstić information content (AvgIpc) is 3.48. The van der Waals surface area contributed by atoms with Gasteiger partial charge in [0, 0.05) is 12.8 Å². The van der Waals surface area contributed by atoms with E-state index in [-0.39, 0.29) is 25.1 Å². The van der Waals surface area contributed by atoms with E-state index in [1.54, 1.807) is 0 Å². The Kier molecular flexibility index (Phi) is 63.4. The molecule has 0 saturated heterocycles. The molecular formula is C75H144N2O7P+. The number of esters is 1. The Morgan fingerprint density at radius 2 is 0.718 bits per heavy atom. The molecule has 3 atom stereocenters. The number of nitrogens with zero attached hydrogens (tertiary/aromatic N) is 1. The largest absolute Gasteiger partial charge is 0.472 e. The zero-order chi connectivity index (χ0) is 62.1. The highest BCUT2D eigenvalue weighted by molar-refractivity contribution is 7.47. The summed E-state index contributed by atoms with van der Waals surface area (Å²) in [6.07, 6.45) is 82.7. The van der Waals surface area contributed by atoms with E-state index in [9.17, 15) is 19.0 Å². The predicted octanol–water partition coefficient (Wildman–Crippen LogP) is 23.6. The topological polar surface area (TPSA) is 111 Å². The van der Waals surface area contributed by atoms with Crippen LogP contribution in [0.5, 0.6) is 0 Å². The molecule has 0 saturated carbocycles. The van der Waals surface area contributed by atoms with Gasteiger partial charge in [-0.3, -0.25) is 18.6 Å². The first-order chi connectivity index (χ1) is 41.4. The van der Waals surface area contributed by atoms with Crippen LogP contribution in [0.4, 0.5) is 0 Å². The van der Waals surface area contributed by atoms with Crippen LogP contribution in [0.25, 0.3) is 0 Å². The molecule has 10 heteroatoms. The maximum atomic E-state index is 13.6. The van der Waals surface area contributed by atoms with Crippen molar-refractivity contribution in [2.45, 2.75) is 380 Å². The lowest BCUT2D eigenvalue weighted by Gasteiger charge is -2.27. The molecule has 0 spiro atoms. The Bertz CT molecular complexity index is 1590. The first kappa shape index (κ1) is 83.0. The Morgan fingerprint density at radius 1 is 0.412 bits per heavy atom. The van der Waals surface area contributed by atoms with Gasteiger partial charge in [0.1, 0.15) is 19.3 Å². The number of ether oxygens (including phenoxy) is 1. The Labute approximate surface area is 529 Å². The minimum atomic E-state index is -4.45. The third-order valence-corrected chi connectivity index (χ3v) is 17.7. The zero-order valence-corrected chi connectivity index (χ0v) is 58.3. The Balaban J connectivity index is 5.04. The fraction of sp³-hybridized carbons (Fsp3) is 0.867. The van der Waals surface area contributed by atoms with Gasteiger partial charge in [-0.2, -0.15) is 0 Å². The average molecular weight is 1220 g/mol. The maximum Gasteiger partial charge on any atom is 0.472 e. The maximum absolute atomic E-state index is 13.6. The second-order valence-electron chi connectivity index (χ2n) is 26.5. The third kappa shape index (κ3) is 66.2. The summed E-state index contributed by atoms with van der Waals surface area (Å²) < 4.78 is 30.9. The van der Waals surface area contributed by atoms with Crippen LogP contribution in [-0.4, -0.2) is 74.3 Å². The van der Waals surface area contributed by atoms with E-state index in [1.165, 1.54) is 270 Å². The van der Waals surface area contributed by atoms with Crippen molar-refractivity contribution in [2.75, 3.05) is 40.9 Å². The number of carbonyl (C=O) groups excluding carboxylic acids is 2. The number of phosphoric ester groups is 1. The first-order valence-corrected chi connectivity index (χ1v) is 38.5. The third-order valence-electron chi connectivity index (χ3n) is 16.7. The van der Waals surface area contributed by atoms with Crippen LogP contribution in [-0.2, 0) is 27.9 Å². The van der Waals surface area contributed by atoms with Crippen LogP contribution < -0.4 is 5.32 Å². The van der Waals surface area contributed by atoms with Gasteiger partial charge in [-0.05, 0) is 89.5 Å². The second kappa shape index (κ2) is 64.9. The van der Waals surface area contributed by atoms with E-state index in [0.717, 1.165) is 64.2 Å². The van der Waals surface area contributed by atoms with Gasteiger partial charge in [0.2, 0.25) is 5.91 Å². The van der Waals surface area contributed by atoms with Crippen LogP contribution in [0.1, 0.15) is 367 Å². The fourth-order valence-corrected chi connectivity index (χ4v) is 11.8. The molecule has 2 N–H and O–H groups in total. The summed E-state index contributed by atoms with van der Waals surface area (Å²) >= 11 is 0. The van der Waals surface area contributed by atoms with E-state index in [2.05, 4.69) is 68.6 Å². The van der Waals surface area contributed by atoms with Crippen LogP contribution in [0.15, 0.2) is 48.6 Å². The molecule has 0 aliphatic carbocycles. The molecule has 85 heavy (non-hydrogen) atoms. The highest BCUT2D eigenvalue weighted by atomic mass is 31.2. The van der Waals surface area contributed by atoms with Gasteiger partial charge in [-0.25, -0.2) is 4.57 Å². The molecule has 0 aliphatic rings. The number of carbonyl (C=O) groups is 2. The number of hydrogen-bond donors (Lipinski definition) is 2. The highest BCUT2D eigenvalue weighted by Gasteiger charge is 2.30. The Morgan fingerprint density at radius 3 is 1.09 bits per heavy atom. The zero-order valence-electron chi connectivity index (χ0n) is 57.4. The molecule has 0 rings (SSSR count). The number of hydrogen-bond acceptors (Lipinski definition) is 6. The molecule has 1 amide bonds. The predicted molar refractivity (Wildman–Crippen MR) is 369 cm³/mol. The van der Waals surface area contributed by atoms with E-state index >= 15 is 0 Å². The fourth-order valence-electron chi connectivity index (χ4n) is 11.0. The van der Waals surface area contributed by atoms with E-state index in [4.69, 9.17) is 13.8 Å². The van der Waals surface area contributed by atoms with Gasteiger partial charge in [-0.1, -0.05) is 314 Å². The number of quaternary nitrogens is 1. The molecular weight excluding hydrogens is 1070 g/mol. The van der Waals surface area contributed by atoms with Crippen molar-refractivity contribution in [1.29, 1.82) is 0 Å². The van der Waals surface area contributed by atoms with Crippen LogP contribution >= 0.6 is 7.82 Å². The minimum absolute atomic E-state index is 0.0419. The van der Waals surface area contributed by atoms with Gasteiger partial charge >= 0.3 is 13.8 Å². The van der Waals surface area contributed by atoms with E-state index in [0.29, 0.717) is 23.9 Å². The number of unbranched alkanes of at least 4 members (excludes halogenated alkanes) is 46. The van der Waals surface area contributed by atoms with E-state index in [1.807, 2.05) is 27.2 Å². The summed E-state index contributed by atoms with van der Waals surface area (Å²) in [4.78, 5) is 38.0. The normalized spacial score (nSPS) is 13.7. The molecule has 0 radical (unpaired) electrons. The summed E-state index contributed by atoms with van der Waals surface area (Å²) in [5.41, 5.74) is 0. The standard InChI is InChI=1S/C75H143N2O7P/c1-7-10-13-16-19-22-25-28-30-32-34-36-37-38-39-41-43-45-47-50-53-56-59-62-65-68-75(79)84-73(66-63-60-57-54-51-48-27-24-21-18-15-12-9-3)72(71-83-85(80,81)82-70-69-77(4,5)6)76-74(78)67-64-61-58-55-52-49-46-44-42-40-35-33-31-29-26-23-20-17-14-11-8-2/h19,22,28-31,63,66,72-73H,7-18,20-21,23-27,32-62,64-65,67-71H2,1-6H3,(H-,76,78,80,81)/p+1/b22-19-,30-28-,31-29+,66-63+. The molecule has 0 aromatic heterocycles. The lowest BCUT2D eigenvalue weighted by Crippen LogP contribution is -2.47. The lowest BCUT2D eigenvalue weighted by molar-refractivity contribution is -0.870. The van der Waals surface area contributed by atoms with Crippen molar-refractivity contribution in [3.63, 3.8) is 0 Å². The number of allylic oxidation sites excluding steroid dienone is 7. The van der Waals surface area contributed by atoms with Crippen molar-refractivity contribution < 1.29 is 37.3 Å². The molecule has 3 unspecified atom stereocenters. The lowest BCUT2D eigenvalue weighted by atomic mass is 10.0. The molecule has 0 heterocycles. The molecule has 0 aromatic rings. The van der Waals surface area contributed by atoms with Crippen molar-refractivity contribution in [1.82, 2.24) is 5.32 Å². The van der Waals surface area contributed by atoms with Gasteiger partial charge in [0.15, 0.2) is 0 Å². The van der Waals surface area contributed by atoms with Crippen molar-refractivity contribution in [3.05, 3.63) is 48.6 Å². The number of phosphoric acid groups is 1. The summed E-state index contributed by atoms with van der Waals surface area (Å²) in [5, 5.41) is 3.08.